The zero-order chi connectivity index (χ0) is 17.2. The fraction of sp³-hybridized carbons (Fsp3) is 0.381. The number of imidazole rings is 1. The maximum absolute atomic E-state index is 9.84. The Labute approximate surface area is 148 Å². The minimum Gasteiger partial charge on any atom is -0.394 e. The van der Waals surface area contributed by atoms with E-state index in [1.165, 1.54) is 17.5 Å². The van der Waals surface area contributed by atoms with Crippen LogP contribution in [0.3, 0.4) is 0 Å². The topological polar surface area (TPSA) is 41.3 Å². The molecule has 4 heteroatoms. The third-order valence-corrected chi connectivity index (χ3v) is 5.32. The predicted octanol–water partition coefficient (Wildman–Crippen LogP) is 3.74. The molecule has 1 aromatic heterocycles. The van der Waals surface area contributed by atoms with E-state index >= 15 is 0 Å². The average molecular weight is 335 g/mol. The highest BCUT2D eigenvalue weighted by molar-refractivity contribution is 5.79. The Morgan fingerprint density at radius 3 is 2.72 bits per heavy atom. The van der Waals surface area contributed by atoms with Crippen molar-refractivity contribution in [2.75, 3.05) is 18.1 Å². The van der Waals surface area contributed by atoms with Crippen LogP contribution in [0.15, 0.2) is 48.5 Å². The van der Waals surface area contributed by atoms with Gasteiger partial charge in [0.25, 0.3) is 0 Å². The fourth-order valence-corrected chi connectivity index (χ4v) is 3.85. The second-order valence-corrected chi connectivity index (χ2v) is 6.94. The van der Waals surface area contributed by atoms with Gasteiger partial charge in [-0.3, -0.25) is 0 Å². The van der Waals surface area contributed by atoms with Crippen LogP contribution in [0.5, 0.6) is 0 Å². The van der Waals surface area contributed by atoms with Crippen molar-refractivity contribution in [3.8, 4) is 0 Å². The molecule has 2 heterocycles. The third kappa shape index (κ3) is 3.02. The minimum atomic E-state index is 0.168. The molecule has 1 N–H and O–H groups in total. The average Bonchev–Trinajstić information content (AvgIpc) is 3.02. The molecule has 0 spiro atoms. The molecule has 1 fully saturated rings. The molecule has 3 aromatic rings. The number of aliphatic hydroxyl groups is 1. The Hall–Kier alpha value is -2.33. The van der Waals surface area contributed by atoms with Crippen molar-refractivity contribution in [2.24, 2.45) is 0 Å². The van der Waals surface area contributed by atoms with Crippen LogP contribution in [0, 0.1) is 6.92 Å². The Bertz CT molecular complexity index is 870. The summed E-state index contributed by atoms with van der Waals surface area (Å²) in [5.74, 6) is 0.989. The summed E-state index contributed by atoms with van der Waals surface area (Å²) in [6.45, 7) is 4.11. The number of hydrogen-bond donors (Lipinski definition) is 1. The highest BCUT2D eigenvalue weighted by Crippen LogP contribution is 2.29. The quantitative estimate of drug-likeness (QED) is 0.789. The summed E-state index contributed by atoms with van der Waals surface area (Å²) in [4.78, 5) is 7.25. The van der Waals surface area contributed by atoms with Gasteiger partial charge in [0.05, 0.1) is 30.2 Å². The molecule has 0 unspecified atom stereocenters. The Kier molecular flexibility index (Phi) is 4.45. The van der Waals surface area contributed by atoms with E-state index in [-0.39, 0.29) is 12.6 Å². The van der Waals surface area contributed by atoms with Crippen LogP contribution in [0.4, 0.5) is 5.95 Å². The van der Waals surface area contributed by atoms with Gasteiger partial charge in [-0.1, -0.05) is 36.4 Å². The molecule has 1 aliphatic rings. The van der Waals surface area contributed by atoms with Crippen LogP contribution in [0.25, 0.3) is 11.0 Å². The fourth-order valence-electron chi connectivity index (χ4n) is 3.85. The van der Waals surface area contributed by atoms with E-state index in [0.717, 1.165) is 42.9 Å². The predicted molar refractivity (Wildman–Crippen MR) is 102 cm³/mol. The summed E-state index contributed by atoms with van der Waals surface area (Å²) in [7, 11) is 0. The molecule has 2 aromatic carbocycles. The lowest BCUT2D eigenvalue weighted by atomic mass is 10.0. The number of anilines is 1. The largest absolute Gasteiger partial charge is 0.394 e. The molecule has 0 bridgehead atoms. The summed E-state index contributed by atoms with van der Waals surface area (Å²) in [5, 5.41) is 9.84. The van der Waals surface area contributed by atoms with Crippen molar-refractivity contribution in [3.05, 3.63) is 59.7 Å². The van der Waals surface area contributed by atoms with Gasteiger partial charge < -0.3 is 14.6 Å². The number of aliphatic hydroxyl groups excluding tert-OH is 1. The molecule has 25 heavy (non-hydrogen) atoms. The number of rotatable bonds is 4. The normalized spacial score (nSPS) is 18.0. The van der Waals surface area contributed by atoms with Crippen LogP contribution < -0.4 is 4.90 Å². The van der Waals surface area contributed by atoms with Gasteiger partial charge >= 0.3 is 0 Å². The number of piperidine rings is 1. The first kappa shape index (κ1) is 16.2. The zero-order valence-electron chi connectivity index (χ0n) is 14.7. The minimum absolute atomic E-state index is 0.168. The Morgan fingerprint density at radius 1 is 1.08 bits per heavy atom. The number of benzene rings is 2. The number of fused-ring (bicyclic) bond motifs is 1. The summed E-state index contributed by atoms with van der Waals surface area (Å²) in [6, 6.07) is 17.0. The highest BCUT2D eigenvalue weighted by Gasteiger charge is 2.26. The number of aryl methyl sites for hydroxylation is 1. The van der Waals surface area contributed by atoms with Crippen LogP contribution >= 0.6 is 0 Å². The Morgan fingerprint density at radius 2 is 1.88 bits per heavy atom. The van der Waals surface area contributed by atoms with Gasteiger partial charge in [-0.15, -0.1) is 0 Å². The van der Waals surface area contributed by atoms with Crippen molar-refractivity contribution < 1.29 is 5.11 Å². The van der Waals surface area contributed by atoms with Gasteiger partial charge in [0.1, 0.15) is 0 Å². The van der Waals surface area contributed by atoms with Crippen molar-refractivity contribution in [1.29, 1.82) is 0 Å². The summed E-state index contributed by atoms with van der Waals surface area (Å²) in [5.41, 5.74) is 4.78. The van der Waals surface area contributed by atoms with Crippen molar-refractivity contribution in [1.82, 2.24) is 9.55 Å². The summed E-state index contributed by atoms with van der Waals surface area (Å²) in [6.07, 6.45) is 3.37. The molecule has 0 aliphatic carbocycles. The van der Waals surface area contributed by atoms with E-state index in [0.29, 0.717) is 0 Å². The molecule has 1 aliphatic heterocycles. The molecular weight excluding hydrogens is 310 g/mol. The number of nitrogens with zero attached hydrogens (tertiary/aromatic N) is 3. The Balaban J connectivity index is 1.82. The molecule has 4 nitrogen and oxygen atoms in total. The lowest BCUT2D eigenvalue weighted by Gasteiger charge is -2.35. The van der Waals surface area contributed by atoms with E-state index in [2.05, 4.69) is 58.9 Å². The maximum Gasteiger partial charge on any atom is 0.207 e. The molecule has 130 valence electrons. The van der Waals surface area contributed by atoms with Crippen molar-refractivity contribution in [3.63, 3.8) is 0 Å². The van der Waals surface area contributed by atoms with Gasteiger partial charge in [-0.2, -0.15) is 0 Å². The lowest BCUT2D eigenvalue weighted by molar-refractivity contribution is 0.238. The molecule has 0 amide bonds. The molecule has 4 rings (SSSR count). The second-order valence-electron chi connectivity index (χ2n) is 6.94. The van der Waals surface area contributed by atoms with Gasteiger partial charge in [-0.05, 0) is 49.4 Å². The first-order chi connectivity index (χ1) is 12.3. The molecule has 1 atom stereocenters. The second kappa shape index (κ2) is 6.89. The van der Waals surface area contributed by atoms with Gasteiger partial charge in [0, 0.05) is 6.54 Å². The first-order valence-corrected chi connectivity index (χ1v) is 9.15. The van der Waals surface area contributed by atoms with Crippen molar-refractivity contribution in [2.45, 2.75) is 38.8 Å². The molecular formula is C21H25N3O. The van der Waals surface area contributed by atoms with E-state index in [1.807, 2.05) is 6.07 Å². The molecule has 1 saturated heterocycles. The summed E-state index contributed by atoms with van der Waals surface area (Å²) >= 11 is 0. The van der Waals surface area contributed by atoms with Gasteiger partial charge in [-0.25, -0.2) is 4.98 Å². The SMILES string of the molecule is Cc1ccccc1Cn1c(N2CCCC[C@H]2CO)nc2ccccc21. The molecule has 0 radical (unpaired) electrons. The van der Waals surface area contributed by atoms with E-state index in [1.54, 1.807) is 0 Å². The number of para-hydroxylation sites is 2. The summed E-state index contributed by atoms with van der Waals surface area (Å²) < 4.78 is 2.31. The first-order valence-electron chi connectivity index (χ1n) is 9.15. The maximum atomic E-state index is 9.84. The van der Waals surface area contributed by atoms with Crippen LogP contribution in [-0.4, -0.2) is 33.9 Å². The zero-order valence-corrected chi connectivity index (χ0v) is 14.7. The highest BCUT2D eigenvalue weighted by atomic mass is 16.3. The number of aromatic nitrogens is 2. The van der Waals surface area contributed by atoms with E-state index in [9.17, 15) is 5.11 Å². The standard InChI is InChI=1S/C21H25N3O/c1-16-8-2-3-9-17(16)14-24-20-12-5-4-11-19(20)22-21(24)23-13-7-6-10-18(23)15-25/h2-5,8-9,11-12,18,25H,6-7,10,13-15H2,1H3/t18-/m0/s1. The van der Waals surface area contributed by atoms with Crippen LogP contribution in [-0.2, 0) is 6.54 Å². The van der Waals surface area contributed by atoms with Crippen molar-refractivity contribution >= 4 is 17.0 Å². The monoisotopic (exact) mass is 335 g/mol. The van der Waals surface area contributed by atoms with E-state index in [4.69, 9.17) is 4.98 Å². The third-order valence-electron chi connectivity index (χ3n) is 5.32. The molecule has 0 saturated carbocycles. The van der Waals surface area contributed by atoms with Gasteiger partial charge in [0.2, 0.25) is 5.95 Å². The van der Waals surface area contributed by atoms with Crippen LogP contribution in [0.1, 0.15) is 30.4 Å². The van der Waals surface area contributed by atoms with Crippen LogP contribution in [0.2, 0.25) is 0 Å². The van der Waals surface area contributed by atoms with E-state index < -0.39 is 0 Å². The number of hydrogen-bond acceptors (Lipinski definition) is 3. The lowest BCUT2D eigenvalue weighted by Crippen LogP contribution is -2.43. The van der Waals surface area contributed by atoms with Gasteiger partial charge in [0.15, 0.2) is 0 Å². The smallest absolute Gasteiger partial charge is 0.207 e.